The van der Waals surface area contributed by atoms with Gasteiger partial charge in [0.15, 0.2) is 0 Å². The van der Waals surface area contributed by atoms with Gasteiger partial charge < -0.3 is 11.1 Å². The van der Waals surface area contributed by atoms with E-state index in [4.69, 9.17) is 11.0 Å². The lowest BCUT2D eigenvalue weighted by molar-refractivity contribution is 0.102. The summed E-state index contributed by atoms with van der Waals surface area (Å²) in [6.45, 7) is 0. The summed E-state index contributed by atoms with van der Waals surface area (Å²) >= 11 is 1.00. The first-order chi connectivity index (χ1) is 8.19. The van der Waals surface area contributed by atoms with E-state index in [2.05, 4.69) is 15.5 Å². The van der Waals surface area contributed by atoms with Crippen molar-refractivity contribution >= 4 is 28.1 Å². The fourth-order valence-electron chi connectivity index (χ4n) is 1.18. The fourth-order valence-corrected chi connectivity index (χ4v) is 1.68. The Morgan fingerprint density at radius 3 is 2.94 bits per heavy atom. The van der Waals surface area contributed by atoms with Crippen molar-refractivity contribution in [2.75, 3.05) is 11.1 Å². The molecule has 1 amide bonds. The summed E-state index contributed by atoms with van der Waals surface area (Å²) in [6, 6.07) is 8.58. The van der Waals surface area contributed by atoms with E-state index in [1.807, 2.05) is 6.07 Å². The van der Waals surface area contributed by atoms with Crippen LogP contribution in [0.25, 0.3) is 0 Å². The first kappa shape index (κ1) is 11.0. The Kier molecular flexibility index (Phi) is 2.98. The van der Waals surface area contributed by atoms with Crippen molar-refractivity contribution in [3.63, 3.8) is 0 Å². The molecule has 0 saturated heterocycles. The molecule has 0 radical (unpaired) electrons. The Morgan fingerprint density at radius 1 is 1.47 bits per heavy atom. The second-order valence-corrected chi connectivity index (χ2v) is 4.10. The van der Waals surface area contributed by atoms with Gasteiger partial charge in [0.25, 0.3) is 5.91 Å². The zero-order chi connectivity index (χ0) is 12.3. The van der Waals surface area contributed by atoms with Crippen LogP contribution in [0.5, 0.6) is 0 Å². The molecule has 2 aromatic rings. The molecule has 0 aliphatic heterocycles. The topological polar surface area (TPSA) is 105 Å². The Morgan fingerprint density at radius 2 is 2.29 bits per heavy atom. The van der Waals surface area contributed by atoms with Crippen LogP contribution in [0.4, 0.5) is 10.8 Å². The number of amides is 1. The SMILES string of the molecule is N#Cc1cccc(NC(=O)c2nnc(N)s2)c1. The molecule has 0 aliphatic rings. The molecule has 1 aromatic heterocycles. The minimum absolute atomic E-state index is 0.185. The van der Waals surface area contributed by atoms with Crippen LogP contribution in [-0.4, -0.2) is 16.1 Å². The van der Waals surface area contributed by atoms with Crippen LogP contribution in [0.15, 0.2) is 24.3 Å². The summed E-state index contributed by atoms with van der Waals surface area (Å²) in [5, 5.41) is 18.9. The van der Waals surface area contributed by atoms with E-state index >= 15 is 0 Å². The zero-order valence-electron chi connectivity index (χ0n) is 8.54. The Hall–Kier alpha value is -2.46. The molecule has 0 unspecified atom stereocenters. The highest BCUT2D eigenvalue weighted by atomic mass is 32.1. The quantitative estimate of drug-likeness (QED) is 0.828. The van der Waals surface area contributed by atoms with E-state index < -0.39 is 5.91 Å². The van der Waals surface area contributed by atoms with Gasteiger partial charge in [0.05, 0.1) is 11.6 Å². The van der Waals surface area contributed by atoms with Crippen molar-refractivity contribution in [1.82, 2.24) is 10.2 Å². The van der Waals surface area contributed by atoms with Crippen molar-refractivity contribution in [3.8, 4) is 6.07 Å². The van der Waals surface area contributed by atoms with Crippen LogP contribution in [0, 0.1) is 11.3 Å². The number of nitrogens with zero attached hydrogens (tertiary/aromatic N) is 3. The molecule has 6 nitrogen and oxygen atoms in total. The van der Waals surface area contributed by atoms with Crippen LogP contribution in [0.2, 0.25) is 0 Å². The minimum Gasteiger partial charge on any atom is -0.374 e. The first-order valence-corrected chi connectivity index (χ1v) is 5.41. The van der Waals surface area contributed by atoms with Crippen LogP contribution in [0.1, 0.15) is 15.4 Å². The third-order valence-electron chi connectivity index (χ3n) is 1.88. The summed E-state index contributed by atoms with van der Waals surface area (Å²) in [5.74, 6) is -0.394. The fraction of sp³-hybridized carbons (Fsp3) is 0. The lowest BCUT2D eigenvalue weighted by atomic mass is 10.2. The third kappa shape index (κ3) is 2.56. The number of carbonyl (C=O) groups is 1. The second kappa shape index (κ2) is 4.59. The molecule has 0 fully saturated rings. The first-order valence-electron chi connectivity index (χ1n) is 4.59. The average molecular weight is 245 g/mol. The lowest BCUT2D eigenvalue weighted by Gasteiger charge is -2.01. The second-order valence-electron chi connectivity index (χ2n) is 3.09. The van der Waals surface area contributed by atoms with Gasteiger partial charge in [-0.1, -0.05) is 17.4 Å². The highest BCUT2D eigenvalue weighted by Crippen LogP contribution is 2.15. The van der Waals surface area contributed by atoms with Crippen LogP contribution in [-0.2, 0) is 0 Å². The van der Waals surface area contributed by atoms with Crippen molar-refractivity contribution in [1.29, 1.82) is 5.26 Å². The van der Waals surface area contributed by atoms with E-state index in [0.29, 0.717) is 11.3 Å². The van der Waals surface area contributed by atoms with Crippen molar-refractivity contribution in [2.24, 2.45) is 0 Å². The van der Waals surface area contributed by atoms with Crippen molar-refractivity contribution < 1.29 is 4.79 Å². The van der Waals surface area contributed by atoms with Gasteiger partial charge in [-0.15, -0.1) is 10.2 Å². The number of carbonyl (C=O) groups excluding carboxylic acids is 1. The standard InChI is InChI=1S/C10H7N5OS/c11-5-6-2-1-3-7(4-6)13-8(16)9-14-15-10(12)17-9/h1-4H,(H2,12,15)(H,13,16). The Balaban J connectivity index is 2.16. The van der Waals surface area contributed by atoms with E-state index in [0.717, 1.165) is 11.3 Å². The van der Waals surface area contributed by atoms with Crippen molar-refractivity contribution in [2.45, 2.75) is 0 Å². The van der Waals surface area contributed by atoms with Gasteiger partial charge >= 0.3 is 0 Å². The van der Waals surface area contributed by atoms with Gasteiger partial charge in [-0.25, -0.2) is 0 Å². The molecule has 3 N–H and O–H groups in total. The van der Waals surface area contributed by atoms with Gasteiger partial charge in [0.1, 0.15) is 0 Å². The van der Waals surface area contributed by atoms with Gasteiger partial charge in [0, 0.05) is 5.69 Å². The number of hydrogen-bond acceptors (Lipinski definition) is 6. The summed E-state index contributed by atoms with van der Waals surface area (Å²) in [4.78, 5) is 11.7. The number of hydrogen-bond donors (Lipinski definition) is 2. The van der Waals surface area contributed by atoms with Gasteiger partial charge in [0.2, 0.25) is 10.1 Å². The van der Waals surface area contributed by atoms with E-state index in [-0.39, 0.29) is 10.1 Å². The van der Waals surface area contributed by atoms with E-state index in [1.165, 1.54) is 0 Å². The van der Waals surface area contributed by atoms with Crippen LogP contribution in [0.3, 0.4) is 0 Å². The molecule has 17 heavy (non-hydrogen) atoms. The molecule has 0 bridgehead atoms. The summed E-state index contributed by atoms with van der Waals surface area (Å²) in [5.41, 5.74) is 6.38. The summed E-state index contributed by atoms with van der Waals surface area (Å²) < 4.78 is 0. The number of nitriles is 1. The molecular weight excluding hydrogens is 238 g/mol. The maximum absolute atomic E-state index is 11.7. The Labute approximate surface area is 101 Å². The van der Waals surface area contributed by atoms with Crippen LogP contribution < -0.4 is 11.1 Å². The average Bonchev–Trinajstić information content (AvgIpc) is 2.76. The van der Waals surface area contributed by atoms with Crippen LogP contribution >= 0.6 is 11.3 Å². The molecule has 0 aliphatic carbocycles. The number of aromatic nitrogens is 2. The summed E-state index contributed by atoms with van der Waals surface area (Å²) in [7, 11) is 0. The lowest BCUT2D eigenvalue weighted by Crippen LogP contribution is -2.11. The molecule has 2 rings (SSSR count). The number of rotatable bonds is 2. The molecule has 0 saturated carbocycles. The predicted molar refractivity (Wildman–Crippen MR) is 63.4 cm³/mol. The predicted octanol–water partition coefficient (Wildman–Crippen LogP) is 1.24. The number of nitrogens with one attached hydrogen (secondary N) is 1. The monoisotopic (exact) mass is 245 g/mol. The van der Waals surface area contributed by atoms with Gasteiger partial charge in [-0.05, 0) is 18.2 Å². The number of nitrogens with two attached hydrogens (primary N) is 1. The largest absolute Gasteiger partial charge is 0.374 e. The van der Waals surface area contributed by atoms with Gasteiger partial charge in [-0.3, -0.25) is 4.79 Å². The van der Waals surface area contributed by atoms with E-state index in [9.17, 15) is 4.79 Å². The normalized spacial score (nSPS) is 9.59. The third-order valence-corrected chi connectivity index (χ3v) is 2.64. The Bertz CT molecular complexity index is 601. The molecule has 1 heterocycles. The molecular formula is C10H7N5OS. The smallest absolute Gasteiger partial charge is 0.286 e. The maximum atomic E-state index is 11.7. The highest BCUT2D eigenvalue weighted by Gasteiger charge is 2.11. The molecule has 7 heteroatoms. The number of benzene rings is 1. The maximum Gasteiger partial charge on any atom is 0.286 e. The molecule has 0 spiro atoms. The van der Waals surface area contributed by atoms with Crippen molar-refractivity contribution in [3.05, 3.63) is 34.8 Å². The number of anilines is 2. The minimum atomic E-state index is -0.394. The molecule has 0 atom stereocenters. The highest BCUT2D eigenvalue weighted by molar-refractivity contribution is 7.16. The summed E-state index contributed by atoms with van der Waals surface area (Å²) in [6.07, 6.45) is 0. The van der Waals surface area contributed by atoms with Gasteiger partial charge in [-0.2, -0.15) is 5.26 Å². The number of nitrogen functional groups attached to an aromatic ring is 1. The van der Waals surface area contributed by atoms with E-state index in [1.54, 1.807) is 24.3 Å². The molecule has 1 aromatic carbocycles. The molecule has 84 valence electrons. The zero-order valence-corrected chi connectivity index (χ0v) is 9.36.